The molecule has 1 saturated carbocycles. The summed E-state index contributed by atoms with van der Waals surface area (Å²) >= 11 is 0. The monoisotopic (exact) mass is 259 g/mol. The van der Waals surface area contributed by atoms with E-state index < -0.39 is 0 Å². The van der Waals surface area contributed by atoms with Gasteiger partial charge in [-0.1, -0.05) is 57.0 Å². The minimum Gasteiger partial charge on any atom is -0.307 e. The lowest BCUT2D eigenvalue weighted by atomic mass is 9.93. The van der Waals surface area contributed by atoms with Crippen LogP contribution in [-0.4, -0.2) is 6.04 Å². The molecule has 1 fully saturated rings. The fourth-order valence-electron chi connectivity index (χ4n) is 3.37. The maximum atomic E-state index is 3.91. The van der Waals surface area contributed by atoms with Gasteiger partial charge in [-0.15, -0.1) is 0 Å². The van der Waals surface area contributed by atoms with Crippen LogP contribution in [0.1, 0.15) is 64.5 Å². The first-order valence-corrected chi connectivity index (χ1v) is 7.98. The third-order valence-corrected chi connectivity index (χ3v) is 4.48. The molecule has 0 aromatic heterocycles. The third kappa shape index (κ3) is 4.35. The summed E-state index contributed by atoms with van der Waals surface area (Å²) in [4.78, 5) is 0. The van der Waals surface area contributed by atoms with E-state index in [4.69, 9.17) is 0 Å². The average molecular weight is 259 g/mol. The van der Waals surface area contributed by atoms with Crippen molar-refractivity contribution in [3.8, 4) is 0 Å². The van der Waals surface area contributed by atoms with Crippen LogP contribution in [-0.2, 0) is 0 Å². The van der Waals surface area contributed by atoms with Crippen molar-refractivity contribution in [1.29, 1.82) is 0 Å². The molecule has 0 saturated heterocycles. The molecule has 1 aliphatic rings. The number of hydrogen-bond acceptors (Lipinski definition) is 1. The van der Waals surface area contributed by atoms with Gasteiger partial charge in [-0.2, -0.15) is 0 Å². The average Bonchev–Trinajstić information content (AvgIpc) is 2.92. The van der Waals surface area contributed by atoms with E-state index in [2.05, 4.69) is 56.4 Å². The largest absolute Gasteiger partial charge is 0.307 e. The summed E-state index contributed by atoms with van der Waals surface area (Å²) < 4.78 is 0. The number of hydrogen-bond donors (Lipinski definition) is 1. The highest BCUT2D eigenvalue weighted by Crippen LogP contribution is 2.30. The van der Waals surface area contributed by atoms with Crippen LogP contribution in [0.25, 0.3) is 0 Å². The van der Waals surface area contributed by atoms with Crippen molar-refractivity contribution in [2.24, 2.45) is 11.8 Å². The van der Waals surface area contributed by atoms with Crippen molar-refractivity contribution < 1.29 is 0 Å². The first-order valence-electron chi connectivity index (χ1n) is 7.98. The van der Waals surface area contributed by atoms with Crippen LogP contribution in [0.15, 0.2) is 30.3 Å². The van der Waals surface area contributed by atoms with Crippen LogP contribution in [0.3, 0.4) is 0 Å². The molecule has 0 bridgehead atoms. The Morgan fingerprint density at radius 1 is 1.05 bits per heavy atom. The number of nitrogens with one attached hydrogen (secondary N) is 1. The minimum atomic E-state index is 0.511. The molecular formula is C18H29N. The van der Waals surface area contributed by atoms with Crippen molar-refractivity contribution in [2.45, 2.75) is 65.0 Å². The summed E-state index contributed by atoms with van der Waals surface area (Å²) in [5.41, 5.74) is 1.45. The van der Waals surface area contributed by atoms with Crippen molar-refractivity contribution in [3.63, 3.8) is 0 Å². The predicted molar refractivity (Wildman–Crippen MR) is 83.2 cm³/mol. The maximum Gasteiger partial charge on any atom is 0.0325 e. The smallest absolute Gasteiger partial charge is 0.0325 e. The molecule has 1 aromatic carbocycles. The first-order chi connectivity index (χ1) is 9.16. The van der Waals surface area contributed by atoms with E-state index in [-0.39, 0.29) is 0 Å². The lowest BCUT2D eigenvalue weighted by Crippen LogP contribution is -2.36. The first kappa shape index (κ1) is 14.6. The van der Waals surface area contributed by atoms with Crippen LogP contribution >= 0.6 is 0 Å². The van der Waals surface area contributed by atoms with Gasteiger partial charge in [-0.05, 0) is 43.6 Å². The summed E-state index contributed by atoms with van der Waals surface area (Å²) in [6.45, 7) is 7.02. The molecule has 1 heteroatoms. The summed E-state index contributed by atoms with van der Waals surface area (Å²) in [5, 5.41) is 3.91. The molecule has 106 valence electrons. The van der Waals surface area contributed by atoms with E-state index in [1.165, 1.54) is 37.7 Å². The molecule has 1 nitrogen and oxygen atoms in total. The van der Waals surface area contributed by atoms with E-state index in [1.807, 2.05) is 0 Å². The molecular weight excluding hydrogens is 230 g/mol. The van der Waals surface area contributed by atoms with E-state index in [0.29, 0.717) is 12.1 Å². The van der Waals surface area contributed by atoms with Gasteiger partial charge in [0.1, 0.15) is 0 Å². The minimum absolute atomic E-state index is 0.511. The molecule has 2 atom stereocenters. The highest BCUT2D eigenvalue weighted by atomic mass is 15.0. The summed E-state index contributed by atoms with van der Waals surface area (Å²) in [6.07, 6.45) is 6.91. The summed E-state index contributed by atoms with van der Waals surface area (Å²) in [6, 6.07) is 12.1. The van der Waals surface area contributed by atoms with Crippen LogP contribution in [0.2, 0.25) is 0 Å². The van der Waals surface area contributed by atoms with Gasteiger partial charge in [0.2, 0.25) is 0 Å². The lowest BCUT2D eigenvalue weighted by Gasteiger charge is -2.28. The lowest BCUT2D eigenvalue weighted by molar-refractivity contribution is 0.317. The zero-order valence-electron chi connectivity index (χ0n) is 12.7. The van der Waals surface area contributed by atoms with Crippen molar-refractivity contribution in [2.75, 3.05) is 0 Å². The predicted octanol–water partition coefficient (Wildman–Crippen LogP) is 4.94. The van der Waals surface area contributed by atoms with Gasteiger partial charge < -0.3 is 5.32 Å². The second kappa shape index (κ2) is 7.09. The Bertz CT molecular complexity index is 351. The van der Waals surface area contributed by atoms with Crippen LogP contribution in [0.5, 0.6) is 0 Å². The second-order valence-electron chi connectivity index (χ2n) is 6.59. The van der Waals surface area contributed by atoms with Crippen molar-refractivity contribution in [1.82, 2.24) is 5.32 Å². The van der Waals surface area contributed by atoms with Gasteiger partial charge in [0.25, 0.3) is 0 Å². The maximum absolute atomic E-state index is 3.91. The fraction of sp³-hybridized carbons (Fsp3) is 0.667. The summed E-state index contributed by atoms with van der Waals surface area (Å²) in [5.74, 6) is 1.62. The molecule has 0 aliphatic heterocycles. The fourth-order valence-corrected chi connectivity index (χ4v) is 3.37. The molecule has 0 radical (unpaired) electrons. The van der Waals surface area contributed by atoms with Gasteiger partial charge in [-0.25, -0.2) is 0 Å². The molecule has 19 heavy (non-hydrogen) atoms. The van der Waals surface area contributed by atoms with Crippen molar-refractivity contribution >= 4 is 0 Å². The molecule has 1 N–H and O–H groups in total. The SMILES string of the molecule is CC(C)CC(N[C@@H](C)C1CCCC1)c1ccccc1. The molecule has 0 spiro atoms. The Hall–Kier alpha value is -0.820. The normalized spacial score (nSPS) is 19.8. The van der Waals surface area contributed by atoms with E-state index in [9.17, 15) is 0 Å². The van der Waals surface area contributed by atoms with Gasteiger partial charge in [0, 0.05) is 12.1 Å². The van der Waals surface area contributed by atoms with E-state index in [1.54, 1.807) is 0 Å². The topological polar surface area (TPSA) is 12.0 Å². The Labute approximate surface area is 118 Å². The number of benzene rings is 1. The van der Waals surface area contributed by atoms with Crippen LogP contribution in [0, 0.1) is 11.8 Å². The van der Waals surface area contributed by atoms with Gasteiger partial charge >= 0.3 is 0 Å². The van der Waals surface area contributed by atoms with Gasteiger partial charge in [-0.3, -0.25) is 0 Å². The van der Waals surface area contributed by atoms with E-state index >= 15 is 0 Å². The molecule has 0 amide bonds. The Kier molecular flexibility index (Phi) is 5.45. The molecule has 0 heterocycles. The zero-order chi connectivity index (χ0) is 13.7. The molecule has 2 rings (SSSR count). The summed E-state index contributed by atoms with van der Waals surface area (Å²) in [7, 11) is 0. The molecule has 1 aliphatic carbocycles. The van der Waals surface area contributed by atoms with Gasteiger partial charge in [0.05, 0.1) is 0 Å². The van der Waals surface area contributed by atoms with Crippen LogP contribution in [0.4, 0.5) is 0 Å². The Balaban J connectivity index is 2.01. The Morgan fingerprint density at radius 2 is 1.68 bits per heavy atom. The highest BCUT2D eigenvalue weighted by Gasteiger charge is 2.24. The zero-order valence-corrected chi connectivity index (χ0v) is 12.7. The highest BCUT2D eigenvalue weighted by molar-refractivity contribution is 5.19. The standard InChI is InChI=1S/C18H29N/c1-14(2)13-18(17-11-5-4-6-12-17)19-15(3)16-9-7-8-10-16/h4-6,11-12,14-16,18-19H,7-10,13H2,1-3H3/t15-,18?/m0/s1. The van der Waals surface area contributed by atoms with Crippen molar-refractivity contribution in [3.05, 3.63) is 35.9 Å². The van der Waals surface area contributed by atoms with Crippen LogP contribution < -0.4 is 5.32 Å². The third-order valence-electron chi connectivity index (χ3n) is 4.48. The quantitative estimate of drug-likeness (QED) is 0.763. The van der Waals surface area contributed by atoms with Gasteiger partial charge in [0.15, 0.2) is 0 Å². The van der Waals surface area contributed by atoms with E-state index in [0.717, 1.165) is 11.8 Å². The molecule has 1 aromatic rings. The second-order valence-corrected chi connectivity index (χ2v) is 6.59. The number of rotatable bonds is 6. The molecule has 1 unspecified atom stereocenters. The Morgan fingerprint density at radius 3 is 2.26 bits per heavy atom.